The Kier molecular flexibility index (Phi) is 8.28. The smallest absolute Gasteiger partial charge is 0.224 e. The molecule has 0 unspecified atom stereocenters. The second-order valence-corrected chi connectivity index (χ2v) is 6.83. The summed E-state index contributed by atoms with van der Waals surface area (Å²) < 4.78 is 0. The van der Waals surface area contributed by atoms with Gasteiger partial charge >= 0.3 is 0 Å². The van der Waals surface area contributed by atoms with Crippen LogP contribution in [-0.4, -0.2) is 25.0 Å². The second-order valence-electron chi connectivity index (χ2n) is 5.36. The maximum Gasteiger partial charge on any atom is 0.224 e. The van der Waals surface area contributed by atoms with Crippen LogP contribution >= 0.6 is 22.9 Å². The van der Waals surface area contributed by atoms with Crippen molar-refractivity contribution in [2.24, 2.45) is 4.99 Å². The highest BCUT2D eigenvalue weighted by Crippen LogP contribution is 2.13. The molecule has 0 radical (unpaired) electrons. The van der Waals surface area contributed by atoms with Gasteiger partial charge < -0.3 is 16.0 Å². The Bertz CT molecular complexity index is 671. The van der Waals surface area contributed by atoms with Gasteiger partial charge in [-0.3, -0.25) is 4.79 Å². The number of carbonyl (C=O) groups excluding carboxylic acids is 1. The molecule has 2 rings (SSSR count). The minimum atomic E-state index is -0.00959. The minimum Gasteiger partial charge on any atom is -0.357 e. The van der Waals surface area contributed by atoms with E-state index < -0.39 is 0 Å². The highest BCUT2D eigenvalue weighted by Gasteiger charge is 2.03. The molecule has 0 fully saturated rings. The zero-order chi connectivity index (χ0) is 17.9. The molecule has 0 saturated carbocycles. The zero-order valence-electron chi connectivity index (χ0n) is 14.2. The second kappa shape index (κ2) is 10.7. The number of benzene rings is 1. The molecule has 5 nitrogen and oxygen atoms in total. The molecule has 0 aliphatic carbocycles. The highest BCUT2D eigenvalue weighted by molar-refractivity contribution is 7.09. The van der Waals surface area contributed by atoms with Crippen molar-refractivity contribution in [1.29, 1.82) is 0 Å². The van der Waals surface area contributed by atoms with Crippen LogP contribution in [0.5, 0.6) is 0 Å². The first-order valence-corrected chi connectivity index (χ1v) is 9.53. The first kappa shape index (κ1) is 19.3. The molecule has 0 bridgehead atoms. The fourth-order valence-corrected chi connectivity index (χ4v) is 2.87. The third kappa shape index (κ3) is 7.58. The third-order valence-corrected chi connectivity index (χ3v) is 4.43. The van der Waals surface area contributed by atoms with Crippen molar-refractivity contribution in [2.75, 3.05) is 18.4 Å². The average molecular weight is 379 g/mol. The van der Waals surface area contributed by atoms with Gasteiger partial charge in [0.25, 0.3) is 0 Å². The van der Waals surface area contributed by atoms with Gasteiger partial charge in [0.1, 0.15) is 0 Å². The number of anilines is 1. The lowest BCUT2D eigenvalue weighted by atomic mass is 10.2. The molecule has 0 atom stereocenters. The molecule has 0 spiro atoms. The van der Waals surface area contributed by atoms with Gasteiger partial charge in [-0.15, -0.1) is 11.3 Å². The summed E-state index contributed by atoms with van der Waals surface area (Å²) in [7, 11) is 0. The molecule has 0 aliphatic rings. The van der Waals surface area contributed by atoms with Gasteiger partial charge in [-0.25, -0.2) is 4.99 Å². The number of amides is 1. The summed E-state index contributed by atoms with van der Waals surface area (Å²) in [5, 5.41) is 12.0. The summed E-state index contributed by atoms with van der Waals surface area (Å²) in [6, 6.07) is 11.2. The number of halogens is 1. The summed E-state index contributed by atoms with van der Waals surface area (Å²) >= 11 is 7.52. The highest BCUT2D eigenvalue weighted by atomic mass is 35.5. The predicted molar refractivity (Wildman–Crippen MR) is 106 cm³/mol. The van der Waals surface area contributed by atoms with E-state index in [-0.39, 0.29) is 5.91 Å². The van der Waals surface area contributed by atoms with Gasteiger partial charge in [0, 0.05) is 35.1 Å². The molecule has 25 heavy (non-hydrogen) atoms. The van der Waals surface area contributed by atoms with E-state index in [1.807, 2.05) is 18.4 Å². The molecular weight excluding hydrogens is 356 g/mol. The van der Waals surface area contributed by atoms with Gasteiger partial charge in [-0.05, 0) is 49.1 Å². The van der Waals surface area contributed by atoms with Gasteiger partial charge in [0.15, 0.2) is 5.96 Å². The number of aliphatic imine (C=N–C) groups is 1. The minimum absolute atomic E-state index is 0.00959. The molecule has 7 heteroatoms. The van der Waals surface area contributed by atoms with Crippen molar-refractivity contribution in [3.8, 4) is 0 Å². The molecule has 1 aromatic heterocycles. The van der Waals surface area contributed by atoms with Crippen molar-refractivity contribution < 1.29 is 4.79 Å². The predicted octanol–water partition coefficient (Wildman–Crippen LogP) is 3.88. The van der Waals surface area contributed by atoms with Gasteiger partial charge in [-0.2, -0.15) is 0 Å². The Morgan fingerprint density at radius 1 is 1.20 bits per heavy atom. The quantitative estimate of drug-likeness (QED) is 0.371. The SMILES string of the molecule is CCNC(=NCc1cccs1)NCCCC(=O)Nc1ccc(Cl)cc1. The first-order chi connectivity index (χ1) is 12.2. The largest absolute Gasteiger partial charge is 0.357 e. The molecule has 1 amide bonds. The van der Waals surface area contributed by atoms with Crippen molar-refractivity contribution in [1.82, 2.24) is 10.6 Å². The van der Waals surface area contributed by atoms with Crippen molar-refractivity contribution in [2.45, 2.75) is 26.3 Å². The van der Waals surface area contributed by atoms with Crippen molar-refractivity contribution >= 4 is 40.5 Å². The Morgan fingerprint density at radius 3 is 2.68 bits per heavy atom. The summed E-state index contributed by atoms with van der Waals surface area (Å²) in [5.41, 5.74) is 0.758. The normalized spacial score (nSPS) is 11.2. The van der Waals surface area contributed by atoms with Crippen LogP contribution in [0.3, 0.4) is 0 Å². The number of hydrogen-bond donors (Lipinski definition) is 3. The molecule has 0 saturated heterocycles. The standard InChI is InChI=1S/C18H23ClN4OS/c1-2-20-18(22-13-16-5-4-12-25-16)21-11-3-6-17(24)23-15-9-7-14(19)8-10-15/h4-5,7-10,12H,2-3,6,11,13H2,1H3,(H,23,24)(H2,20,21,22). The van der Waals surface area contributed by atoms with E-state index >= 15 is 0 Å². The lowest BCUT2D eigenvalue weighted by Crippen LogP contribution is -2.38. The van der Waals surface area contributed by atoms with E-state index in [9.17, 15) is 4.79 Å². The monoisotopic (exact) mass is 378 g/mol. The van der Waals surface area contributed by atoms with Crippen LogP contribution in [0.15, 0.2) is 46.8 Å². The molecule has 1 aromatic carbocycles. The molecule has 3 N–H and O–H groups in total. The number of thiophene rings is 1. The molecular formula is C18H23ClN4OS. The van der Waals surface area contributed by atoms with Crippen LogP contribution in [0.25, 0.3) is 0 Å². The third-order valence-electron chi connectivity index (χ3n) is 3.32. The fraction of sp³-hybridized carbons (Fsp3) is 0.333. The molecule has 0 aliphatic heterocycles. The van der Waals surface area contributed by atoms with E-state index in [0.717, 1.165) is 24.6 Å². The van der Waals surface area contributed by atoms with Crippen LogP contribution < -0.4 is 16.0 Å². The summed E-state index contributed by atoms with van der Waals surface area (Å²) in [6.45, 7) is 4.17. The lowest BCUT2D eigenvalue weighted by molar-refractivity contribution is -0.116. The molecule has 1 heterocycles. The van der Waals surface area contributed by atoms with Crippen molar-refractivity contribution in [3.05, 3.63) is 51.7 Å². The number of guanidine groups is 1. The Morgan fingerprint density at radius 2 is 2.00 bits per heavy atom. The first-order valence-electron chi connectivity index (χ1n) is 8.27. The topological polar surface area (TPSA) is 65.5 Å². The average Bonchev–Trinajstić information content (AvgIpc) is 3.12. The Hall–Kier alpha value is -2.05. The number of nitrogens with one attached hydrogen (secondary N) is 3. The van der Waals surface area contributed by atoms with Crippen LogP contribution in [0.2, 0.25) is 5.02 Å². The number of rotatable bonds is 8. The summed E-state index contributed by atoms with van der Waals surface area (Å²) in [4.78, 5) is 17.7. The zero-order valence-corrected chi connectivity index (χ0v) is 15.8. The van der Waals surface area contributed by atoms with Crippen molar-refractivity contribution in [3.63, 3.8) is 0 Å². The lowest BCUT2D eigenvalue weighted by Gasteiger charge is -2.11. The molecule has 134 valence electrons. The van der Waals surface area contributed by atoms with Crippen LogP contribution in [0.4, 0.5) is 5.69 Å². The van der Waals surface area contributed by atoms with E-state index in [1.165, 1.54) is 4.88 Å². The number of hydrogen-bond acceptors (Lipinski definition) is 3. The van der Waals surface area contributed by atoms with E-state index in [2.05, 4.69) is 27.0 Å². The fourth-order valence-electron chi connectivity index (χ4n) is 2.11. The van der Waals surface area contributed by atoms with E-state index in [0.29, 0.717) is 24.5 Å². The van der Waals surface area contributed by atoms with Crippen LogP contribution in [0.1, 0.15) is 24.6 Å². The number of carbonyl (C=O) groups is 1. The molecule has 2 aromatic rings. The van der Waals surface area contributed by atoms with Crippen LogP contribution in [0, 0.1) is 0 Å². The maximum atomic E-state index is 11.9. The maximum absolute atomic E-state index is 11.9. The van der Waals surface area contributed by atoms with Gasteiger partial charge in [-0.1, -0.05) is 17.7 Å². The van der Waals surface area contributed by atoms with E-state index in [4.69, 9.17) is 11.6 Å². The number of nitrogens with zero attached hydrogens (tertiary/aromatic N) is 1. The Balaban J connectivity index is 1.69. The summed E-state index contributed by atoms with van der Waals surface area (Å²) in [5.74, 6) is 0.763. The Labute approximate surface area is 157 Å². The van der Waals surface area contributed by atoms with E-state index in [1.54, 1.807) is 35.6 Å². The van der Waals surface area contributed by atoms with Gasteiger partial charge in [0.05, 0.1) is 6.54 Å². The van der Waals surface area contributed by atoms with Crippen LogP contribution in [-0.2, 0) is 11.3 Å². The van der Waals surface area contributed by atoms with Gasteiger partial charge in [0.2, 0.25) is 5.91 Å². The summed E-state index contributed by atoms with van der Waals surface area (Å²) in [6.07, 6.45) is 1.17.